The Morgan fingerprint density at radius 3 is 1.38 bits per heavy atom. The molecule has 9 N–H and O–H groups in total. The van der Waals surface area contributed by atoms with Crippen LogP contribution in [-0.4, -0.2) is 173 Å². The normalized spacial score (nSPS) is 32.8. The number of carbonyl (C=O) groups excluding carboxylic acids is 3. The van der Waals surface area contributed by atoms with E-state index < -0.39 is 130 Å². The van der Waals surface area contributed by atoms with E-state index in [0.717, 1.165) is 16.7 Å². The van der Waals surface area contributed by atoms with Gasteiger partial charge in [-0.1, -0.05) is 91.0 Å². The summed E-state index contributed by atoms with van der Waals surface area (Å²) in [6.07, 6.45) is -25.5. The highest BCUT2D eigenvalue weighted by atomic mass is 16.7. The van der Waals surface area contributed by atoms with Crippen LogP contribution in [0.15, 0.2) is 91.0 Å². The van der Waals surface area contributed by atoms with Gasteiger partial charge in [0.25, 0.3) is 0 Å². The van der Waals surface area contributed by atoms with Gasteiger partial charge >= 0.3 is 18.2 Å². The molecular formula is C43H54N2O19. The Morgan fingerprint density at radius 1 is 0.516 bits per heavy atom. The molecule has 64 heavy (non-hydrogen) atoms. The number of rotatable bonds is 17. The zero-order valence-corrected chi connectivity index (χ0v) is 34.6. The molecular weight excluding hydrogens is 848 g/mol. The number of methoxy groups -OCH3 is 1. The van der Waals surface area contributed by atoms with Crippen LogP contribution in [0.4, 0.5) is 9.59 Å². The highest BCUT2D eigenvalue weighted by Gasteiger charge is 2.52. The molecule has 3 heterocycles. The van der Waals surface area contributed by atoms with Gasteiger partial charge in [-0.15, -0.1) is 0 Å². The topological polar surface area (TPSA) is 300 Å². The van der Waals surface area contributed by atoms with E-state index in [4.69, 9.17) is 42.6 Å². The summed E-state index contributed by atoms with van der Waals surface area (Å²) >= 11 is 0. The van der Waals surface area contributed by atoms with Gasteiger partial charge in [-0.2, -0.15) is 0 Å². The molecule has 21 nitrogen and oxygen atoms in total. The lowest BCUT2D eigenvalue weighted by Gasteiger charge is -2.45. The van der Waals surface area contributed by atoms with Gasteiger partial charge in [0.2, 0.25) is 0 Å². The summed E-state index contributed by atoms with van der Waals surface area (Å²) in [6, 6.07) is 27.7. The highest BCUT2D eigenvalue weighted by Crippen LogP contribution is 2.32. The number of hydrogen-bond acceptors (Lipinski definition) is 19. The number of hydrogen-bond donors (Lipinski definition) is 9. The number of carbonyl (C=O) groups is 3. The van der Waals surface area contributed by atoms with Crippen molar-refractivity contribution in [1.82, 2.24) is 10.6 Å². The first-order valence-corrected chi connectivity index (χ1v) is 20.4. The third-order valence-electron chi connectivity index (χ3n) is 10.8. The molecule has 3 aromatic rings. The van der Waals surface area contributed by atoms with Crippen molar-refractivity contribution < 1.29 is 92.8 Å². The van der Waals surface area contributed by atoms with E-state index in [-0.39, 0.29) is 19.8 Å². The maximum atomic E-state index is 13.4. The lowest BCUT2D eigenvalue weighted by Crippen LogP contribution is -2.64. The van der Waals surface area contributed by atoms with Gasteiger partial charge in [0.05, 0.1) is 33.5 Å². The van der Waals surface area contributed by atoms with Crippen molar-refractivity contribution in [2.45, 2.75) is 112 Å². The van der Waals surface area contributed by atoms with Crippen molar-refractivity contribution in [2.75, 3.05) is 26.9 Å². The average molecular weight is 903 g/mol. The molecule has 6 rings (SSSR count). The SMILES string of the molecule is COC(=O)[C@@H]1O[C@H](COC(=O)N[C@@H]2O[C@H](COC(=O)N[C@@H]3O[C@H](CO)[C@@H](O)[C@H](O)[C@H]3O)[C@@H](O)[C@H](O)[C@H]2O)[C@@H](OCc2ccccc2)[C@H](OCc2ccccc2)[C@H]1OCc1ccccc1. The number of nitrogens with one attached hydrogen (secondary N) is 2. The van der Waals surface area contributed by atoms with E-state index in [9.17, 15) is 50.1 Å². The molecule has 3 fully saturated rings. The maximum absolute atomic E-state index is 13.4. The molecule has 0 saturated carbocycles. The highest BCUT2D eigenvalue weighted by molar-refractivity contribution is 5.75. The number of amides is 2. The molecule has 0 radical (unpaired) electrons. The minimum atomic E-state index is -1.94. The van der Waals surface area contributed by atoms with Crippen molar-refractivity contribution in [2.24, 2.45) is 0 Å². The van der Waals surface area contributed by atoms with Gasteiger partial charge in [-0.05, 0) is 16.7 Å². The zero-order valence-electron chi connectivity index (χ0n) is 34.6. The molecule has 3 aliphatic heterocycles. The lowest BCUT2D eigenvalue weighted by molar-refractivity contribution is -0.269. The molecule has 0 bridgehead atoms. The lowest BCUT2D eigenvalue weighted by atomic mass is 9.94. The fraction of sp³-hybridized carbons (Fsp3) is 0.512. The first-order chi connectivity index (χ1) is 30.9. The predicted octanol–water partition coefficient (Wildman–Crippen LogP) is -1.26. The molecule has 3 saturated heterocycles. The number of aliphatic hydroxyl groups excluding tert-OH is 7. The van der Waals surface area contributed by atoms with Crippen LogP contribution in [0.25, 0.3) is 0 Å². The van der Waals surface area contributed by atoms with Gasteiger partial charge in [-0.3, -0.25) is 10.6 Å². The summed E-state index contributed by atoms with van der Waals surface area (Å²) < 4.78 is 52.2. The predicted molar refractivity (Wildman–Crippen MR) is 215 cm³/mol. The number of aliphatic hydroxyl groups is 7. The van der Waals surface area contributed by atoms with E-state index >= 15 is 0 Å². The van der Waals surface area contributed by atoms with Crippen molar-refractivity contribution in [3.8, 4) is 0 Å². The maximum Gasteiger partial charge on any atom is 0.409 e. The van der Waals surface area contributed by atoms with Gasteiger partial charge in [-0.25, -0.2) is 14.4 Å². The molecule has 0 spiro atoms. The fourth-order valence-corrected chi connectivity index (χ4v) is 7.29. The summed E-state index contributed by atoms with van der Waals surface area (Å²) in [7, 11) is 1.18. The summed E-state index contributed by atoms with van der Waals surface area (Å²) in [5, 5.41) is 76.0. The van der Waals surface area contributed by atoms with Crippen LogP contribution in [0, 0.1) is 0 Å². The molecule has 0 aromatic heterocycles. The van der Waals surface area contributed by atoms with Crippen LogP contribution in [0.3, 0.4) is 0 Å². The van der Waals surface area contributed by atoms with Crippen LogP contribution < -0.4 is 10.6 Å². The molecule has 0 unspecified atom stereocenters. The van der Waals surface area contributed by atoms with Crippen molar-refractivity contribution in [3.63, 3.8) is 0 Å². The van der Waals surface area contributed by atoms with Crippen molar-refractivity contribution in [3.05, 3.63) is 108 Å². The average Bonchev–Trinajstić information content (AvgIpc) is 3.32. The molecule has 15 atom stereocenters. The summed E-state index contributed by atoms with van der Waals surface area (Å²) in [5.74, 6) is -0.802. The second-order valence-corrected chi connectivity index (χ2v) is 15.2. The molecule has 2 amide bonds. The van der Waals surface area contributed by atoms with E-state index in [1.54, 1.807) is 0 Å². The van der Waals surface area contributed by atoms with Crippen LogP contribution in [0.1, 0.15) is 16.7 Å². The molecule has 350 valence electrons. The zero-order chi connectivity index (χ0) is 45.8. The van der Waals surface area contributed by atoms with Gasteiger partial charge in [0.1, 0.15) is 86.5 Å². The standard InChI is InChI=1S/C43H54N2O19/c1-56-41(53)38-37(59-20-25-15-9-4-10-16-25)36(58-19-24-13-7-3-8-14-24)35(57-18-23-11-5-2-6-12-23)28(62-38)22-61-43(55)45-40-34(52)32(50)30(48)27(64-40)21-60-42(54)44-39-33(51)31(49)29(47)26(17-46)63-39/h2-16,26-40,46-52H,17-22H2,1H3,(H,44,54)(H,45,55)/t26-,27-,28-,29-,30-,31+,32+,33-,34-,35-,36+,37-,38-,39-,40-/m1/s1. The van der Waals surface area contributed by atoms with E-state index in [1.165, 1.54) is 7.11 Å². The van der Waals surface area contributed by atoms with Gasteiger partial charge in [0.15, 0.2) is 18.6 Å². The van der Waals surface area contributed by atoms with E-state index in [1.807, 2.05) is 91.0 Å². The number of esters is 1. The van der Waals surface area contributed by atoms with Crippen LogP contribution in [0.5, 0.6) is 0 Å². The van der Waals surface area contributed by atoms with Gasteiger partial charge < -0.3 is 78.4 Å². The first kappa shape index (κ1) is 48.6. The summed E-state index contributed by atoms with van der Waals surface area (Å²) in [6.45, 7) is -1.95. The van der Waals surface area contributed by atoms with Gasteiger partial charge in [0, 0.05) is 0 Å². The smallest absolute Gasteiger partial charge is 0.409 e. The number of benzene rings is 3. The number of alkyl carbamates (subject to hydrolysis) is 2. The molecule has 0 aliphatic carbocycles. The first-order valence-electron chi connectivity index (χ1n) is 20.4. The monoisotopic (exact) mass is 902 g/mol. The largest absolute Gasteiger partial charge is 0.467 e. The Labute approximate surface area is 367 Å². The molecule has 3 aromatic carbocycles. The Hall–Kier alpha value is -4.85. The number of ether oxygens (including phenoxy) is 9. The van der Waals surface area contributed by atoms with E-state index in [2.05, 4.69) is 10.6 Å². The van der Waals surface area contributed by atoms with E-state index in [0.29, 0.717) is 0 Å². The minimum absolute atomic E-state index is 0.0450. The Bertz CT molecular complexity index is 1900. The minimum Gasteiger partial charge on any atom is -0.467 e. The third-order valence-corrected chi connectivity index (χ3v) is 10.8. The fourth-order valence-electron chi connectivity index (χ4n) is 7.29. The Kier molecular flexibility index (Phi) is 17.7. The van der Waals surface area contributed by atoms with Crippen LogP contribution in [-0.2, 0) is 67.2 Å². The Balaban J connectivity index is 1.15. The van der Waals surface area contributed by atoms with Crippen LogP contribution >= 0.6 is 0 Å². The molecule has 3 aliphatic rings. The summed E-state index contributed by atoms with van der Waals surface area (Å²) in [4.78, 5) is 39.4. The quantitative estimate of drug-likeness (QED) is 0.0564. The Morgan fingerprint density at radius 2 is 0.922 bits per heavy atom. The van der Waals surface area contributed by atoms with Crippen molar-refractivity contribution in [1.29, 1.82) is 0 Å². The molecule has 21 heteroatoms. The third kappa shape index (κ3) is 12.5. The second-order valence-electron chi connectivity index (χ2n) is 15.2. The van der Waals surface area contributed by atoms with Crippen molar-refractivity contribution >= 4 is 18.2 Å². The second kappa shape index (κ2) is 23.4. The van der Waals surface area contributed by atoms with Crippen LogP contribution in [0.2, 0.25) is 0 Å². The summed E-state index contributed by atoms with van der Waals surface area (Å²) in [5.41, 5.74) is 2.38.